The molecule has 17 heavy (non-hydrogen) atoms. The average Bonchev–Trinajstić information content (AvgIpc) is 2.93. The van der Waals surface area contributed by atoms with Gasteiger partial charge in [-0.2, -0.15) is 0 Å². The predicted octanol–water partition coefficient (Wildman–Crippen LogP) is 0.921. The normalized spacial score (nSPS) is 19.2. The summed E-state index contributed by atoms with van der Waals surface area (Å²) in [6, 6.07) is 0. The van der Waals surface area contributed by atoms with Gasteiger partial charge in [0.1, 0.15) is 11.9 Å². The number of hydrogen-bond donors (Lipinski definition) is 1. The zero-order valence-corrected chi connectivity index (χ0v) is 10.9. The van der Waals surface area contributed by atoms with E-state index in [0.29, 0.717) is 6.54 Å². The van der Waals surface area contributed by atoms with Crippen LogP contribution in [0.1, 0.15) is 25.6 Å². The molecule has 1 atom stereocenters. The second kappa shape index (κ2) is 5.50. The molecule has 0 amide bonds. The molecule has 0 unspecified atom stereocenters. The maximum absolute atomic E-state index is 5.54. The monoisotopic (exact) mass is 255 g/mol. The number of oxime groups is 1. The first kappa shape index (κ1) is 12.4. The third-order valence-corrected chi connectivity index (χ3v) is 3.86. The van der Waals surface area contributed by atoms with Gasteiger partial charge in [0, 0.05) is 19.2 Å². The number of rotatable bonds is 5. The van der Waals surface area contributed by atoms with E-state index < -0.39 is 0 Å². The fraction of sp³-hybridized carbons (Fsp3) is 0.700. The van der Waals surface area contributed by atoms with Crippen molar-refractivity contribution in [2.45, 2.75) is 37.6 Å². The van der Waals surface area contributed by atoms with Crippen LogP contribution >= 0.6 is 11.8 Å². The van der Waals surface area contributed by atoms with Crippen molar-refractivity contribution in [3.05, 3.63) is 5.82 Å². The summed E-state index contributed by atoms with van der Waals surface area (Å²) in [6.07, 6.45) is 2.04. The molecule has 7 heteroatoms. The minimum Gasteiger partial charge on any atom is -0.391 e. The number of aromatic nitrogens is 3. The number of nitrogens with two attached hydrogens (primary N) is 1. The highest BCUT2D eigenvalue weighted by Crippen LogP contribution is 2.22. The molecule has 0 fully saturated rings. The van der Waals surface area contributed by atoms with Gasteiger partial charge < -0.3 is 15.1 Å². The lowest BCUT2D eigenvalue weighted by atomic mass is 10.2. The van der Waals surface area contributed by atoms with Crippen molar-refractivity contribution >= 4 is 17.5 Å². The molecule has 1 aliphatic heterocycles. The molecule has 6 nitrogen and oxygen atoms in total. The maximum atomic E-state index is 5.54. The van der Waals surface area contributed by atoms with Gasteiger partial charge in [0.25, 0.3) is 0 Å². The molecule has 0 bridgehead atoms. The van der Waals surface area contributed by atoms with Crippen molar-refractivity contribution in [1.82, 2.24) is 14.8 Å². The molecule has 1 aliphatic rings. The zero-order valence-electron chi connectivity index (χ0n) is 10.1. The quantitative estimate of drug-likeness (QED) is 0.792. The Morgan fingerprint density at radius 3 is 2.94 bits per heavy atom. The van der Waals surface area contributed by atoms with Gasteiger partial charge in [-0.15, -0.1) is 10.2 Å². The van der Waals surface area contributed by atoms with Crippen molar-refractivity contribution < 1.29 is 4.84 Å². The van der Waals surface area contributed by atoms with Gasteiger partial charge in [-0.25, -0.2) is 0 Å². The summed E-state index contributed by atoms with van der Waals surface area (Å²) in [4.78, 5) is 5.34. The maximum Gasteiger partial charge on any atom is 0.191 e. The third-order valence-electron chi connectivity index (χ3n) is 2.71. The Balaban J connectivity index is 1.85. The molecule has 0 saturated carbocycles. The molecule has 1 aromatic rings. The molecular formula is C10H17N5OS. The lowest BCUT2D eigenvalue weighted by molar-refractivity contribution is 0.103. The summed E-state index contributed by atoms with van der Waals surface area (Å²) >= 11 is 1.63. The Labute approximate surface area is 105 Å². The Kier molecular flexibility index (Phi) is 4.01. The number of thioether (sulfide) groups is 1. The van der Waals surface area contributed by atoms with E-state index in [0.717, 1.165) is 35.3 Å². The van der Waals surface area contributed by atoms with Crippen molar-refractivity contribution in [3.8, 4) is 0 Å². The van der Waals surface area contributed by atoms with Crippen LogP contribution in [0.3, 0.4) is 0 Å². The van der Waals surface area contributed by atoms with Crippen LogP contribution in [-0.2, 0) is 18.4 Å². The third kappa shape index (κ3) is 2.78. The van der Waals surface area contributed by atoms with Crippen molar-refractivity contribution in [2.75, 3.05) is 5.75 Å². The van der Waals surface area contributed by atoms with Crippen molar-refractivity contribution in [2.24, 2.45) is 17.9 Å². The van der Waals surface area contributed by atoms with E-state index in [9.17, 15) is 0 Å². The molecule has 2 rings (SSSR count). The van der Waals surface area contributed by atoms with Crippen LogP contribution in [0.5, 0.6) is 0 Å². The summed E-state index contributed by atoms with van der Waals surface area (Å²) in [5.74, 6) is 1.63. The lowest BCUT2D eigenvalue weighted by Crippen LogP contribution is -2.11. The van der Waals surface area contributed by atoms with E-state index in [1.807, 2.05) is 11.6 Å². The van der Waals surface area contributed by atoms with Crippen LogP contribution in [0.4, 0.5) is 0 Å². The summed E-state index contributed by atoms with van der Waals surface area (Å²) in [5, 5.41) is 13.0. The minimum atomic E-state index is 0.160. The van der Waals surface area contributed by atoms with E-state index in [2.05, 4.69) is 22.3 Å². The fourth-order valence-electron chi connectivity index (χ4n) is 1.60. The largest absolute Gasteiger partial charge is 0.391 e. The predicted molar refractivity (Wildman–Crippen MR) is 66.8 cm³/mol. The van der Waals surface area contributed by atoms with E-state index in [1.54, 1.807) is 11.8 Å². The Bertz CT molecular complexity index is 417. The van der Waals surface area contributed by atoms with Crippen LogP contribution in [0, 0.1) is 0 Å². The van der Waals surface area contributed by atoms with Gasteiger partial charge in [0.05, 0.1) is 12.3 Å². The van der Waals surface area contributed by atoms with Gasteiger partial charge in [-0.3, -0.25) is 0 Å². The van der Waals surface area contributed by atoms with Gasteiger partial charge in [-0.05, 0) is 6.42 Å². The Morgan fingerprint density at radius 1 is 1.53 bits per heavy atom. The molecule has 94 valence electrons. The highest BCUT2D eigenvalue weighted by atomic mass is 32.2. The molecule has 2 N–H and O–H groups in total. The molecule has 0 spiro atoms. The van der Waals surface area contributed by atoms with Crippen LogP contribution in [-0.4, -0.2) is 32.3 Å². The Hall–Kier alpha value is -1.08. The van der Waals surface area contributed by atoms with E-state index in [1.165, 1.54) is 0 Å². The first-order chi connectivity index (χ1) is 8.24. The Morgan fingerprint density at radius 2 is 2.35 bits per heavy atom. The average molecular weight is 255 g/mol. The highest BCUT2D eigenvalue weighted by molar-refractivity contribution is 7.99. The van der Waals surface area contributed by atoms with Crippen LogP contribution in [0.2, 0.25) is 0 Å². The van der Waals surface area contributed by atoms with Crippen LogP contribution in [0.15, 0.2) is 10.3 Å². The highest BCUT2D eigenvalue weighted by Gasteiger charge is 2.21. The first-order valence-corrected chi connectivity index (χ1v) is 6.65. The van der Waals surface area contributed by atoms with Crippen LogP contribution < -0.4 is 5.73 Å². The SMILES string of the molecule is CCC1=NO[C@H](CSc2nnc(CN)n2C)C1. The molecule has 0 aliphatic carbocycles. The topological polar surface area (TPSA) is 78.3 Å². The smallest absolute Gasteiger partial charge is 0.191 e. The van der Waals surface area contributed by atoms with E-state index in [-0.39, 0.29) is 6.10 Å². The molecular weight excluding hydrogens is 238 g/mol. The summed E-state index contributed by atoms with van der Waals surface area (Å²) in [6.45, 7) is 2.50. The lowest BCUT2D eigenvalue weighted by Gasteiger charge is -2.07. The van der Waals surface area contributed by atoms with Gasteiger partial charge in [-0.1, -0.05) is 23.8 Å². The van der Waals surface area contributed by atoms with E-state index >= 15 is 0 Å². The molecule has 0 saturated heterocycles. The summed E-state index contributed by atoms with van der Waals surface area (Å²) in [7, 11) is 1.92. The van der Waals surface area contributed by atoms with Gasteiger partial charge in [0.2, 0.25) is 0 Å². The minimum absolute atomic E-state index is 0.160. The van der Waals surface area contributed by atoms with Crippen molar-refractivity contribution in [3.63, 3.8) is 0 Å². The van der Waals surface area contributed by atoms with Crippen molar-refractivity contribution in [1.29, 1.82) is 0 Å². The second-order valence-corrected chi connectivity index (χ2v) is 4.90. The standard InChI is InChI=1S/C10H17N5OS/c1-3-7-4-8(16-14-7)6-17-10-13-12-9(5-11)15(10)2/h8H,3-6,11H2,1-2H3/t8-/m0/s1. The summed E-state index contributed by atoms with van der Waals surface area (Å²) < 4.78 is 1.92. The van der Waals surface area contributed by atoms with Crippen LogP contribution in [0.25, 0.3) is 0 Å². The zero-order chi connectivity index (χ0) is 12.3. The number of nitrogens with zero attached hydrogens (tertiary/aromatic N) is 4. The molecule has 0 radical (unpaired) electrons. The van der Waals surface area contributed by atoms with E-state index in [4.69, 9.17) is 10.6 Å². The number of hydrogen-bond acceptors (Lipinski definition) is 6. The fourth-order valence-corrected chi connectivity index (χ4v) is 2.51. The van der Waals surface area contributed by atoms with Gasteiger partial charge >= 0.3 is 0 Å². The summed E-state index contributed by atoms with van der Waals surface area (Å²) in [5.41, 5.74) is 6.68. The second-order valence-electron chi connectivity index (χ2n) is 3.92. The molecule has 0 aromatic carbocycles. The molecule has 1 aromatic heterocycles. The van der Waals surface area contributed by atoms with Gasteiger partial charge in [0.15, 0.2) is 5.16 Å². The molecule has 2 heterocycles. The first-order valence-electron chi connectivity index (χ1n) is 5.67.